The summed E-state index contributed by atoms with van der Waals surface area (Å²) in [7, 11) is 0. The molecule has 1 aromatic rings. The molecule has 0 saturated carbocycles. The third-order valence-corrected chi connectivity index (χ3v) is 6.63. The van der Waals surface area contributed by atoms with Crippen LogP contribution in [0.1, 0.15) is 19.3 Å². The van der Waals surface area contributed by atoms with Crippen molar-refractivity contribution in [2.45, 2.75) is 36.7 Å². The smallest absolute Gasteiger partial charge is 0.352 e. The number of para-hydroxylation sites is 1. The number of thioether (sulfide) groups is 1. The molecule has 3 rings (SSSR count). The molecule has 34 heavy (non-hydrogen) atoms. The lowest BCUT2D eigenvalue weighted by Crippen LogP contribution is -2.70. The maximum atomic E-state index is 12.4. The molecular weight excluding hydrogens is 468 g/mol. The molecule has 0 radical (unpaired) electrons. The molecule has 1 fully saturated rings. The monoisotopic (exact) mass is 492 g/mol. The van der Waals surface area contributed by atoms with E-state index in [2.05, 4.69) is 16.0 Å². The number of urea groups is 1. The van der Waals surface area contributed by atoms with E-state index in [0.29, 0.717) is 5.69 Å². The van der Waals surface area contributed by atoms with Crippen molar-refractivity contribution in [3.8, 4) is 0 Å². The van der Waals surface area contributed by atoms with Crippen molar-refractivity contribution < 1.29 is 39.3 Å². The molecule has 1 saturated heterocycles. The highest BCUT2D eigenvalue weighted by molar-refractivity contribution is 8.00. The van der Waals surface area contributed by atoms with E-state index < -0.39 is 53.8 Å². The van der Waals surface area contributed by atoms with Gasteiger partial charge in [0.05, 0.1) is 6.61 Å². The molecule has 0 aromatic heterocycles. The van der Waals surface area contributed by atoms with E-state index in [1.807, 2.05) is 0 Å². The molecule has 12 nitrogen and oxygen atoms in total. The second kappa shape index (κ2) is 11.0. The Hall–Kier alpha value is -3.58. The van der Waals surface area contributed by atoms with Gasteiger partial charge in [0.1, 0.15) is 23.2 Å². The van der Waals surface area contributed by atoms with E-state index in [1.54, 1.807) is 30.3 Å². The van der Waals surface area contributed by atoms with Gasteiger partial charge in [0.2, 0.25) is 5.91 Å². The summed E-state index contributed by atoms with van der Waals surface area (Å²) in [6.07, 6.45) is 0.0296. The van der Waals surface area contributed by atoms with Crippen LogP contribution in [0.25, 0.3) is 0 Å². The van der Waals surface area contributed by atoms with Gasteiger partial charge in [-0.2, -0.15) is 0 Å². The molecule has 13 heteroatoms. The molecule has 182 valence electrons. The molecule has 3 atom stereocenters. The van der Waals surface area contributed by atoms with Crippen LogP contribution >= 0.6 is 11.8 Å². The Kier molecular flexibility index (Phi) is 8.12. The van der Waals surface area contributed by atoms with Gasteiger partial charge in [-0.1, -0.05) is 18.2 Å². The average molecular weight is 493 g/mol. The topological polar surface area (TPSA) is 185 Å². The lowest BCUT2D eigenvalue weighted by atomic mass is 10.0. The van der Waals surface area contributed by atoms with Crippen LogP contribution in [0.2, 0.25) is 0 Å². The molecule has 0 bridgehead atoms. The molecule has 2 heterocycles. The van der Waals surface area contributed by atoms with Crippen LogP contribution in [-0.4, -0.2) is 79.8 Å². The minimum Gasteiger partial charge on any atom is -0.480 e. The van der Waals surface area contributed by atoms with Gasteiger partial charge in [0.25, 0.3) is 5.91 Å². The fourth-order valence-electron chi connectivity index (χ4n) is 3.62. The zero-order valence-corrected chi connectivity index (χ0v) is 18.7. The highest BCUT2D eigenvalue weighted by Crippen LogP contribution is 2.40. The van der Waals surface area contributed by atoms with Crippen molar-refractivity contribution in [2.24, 2.45) is 0 Å². The van der Waals surface area contributed by atoms with Crippen LogP contribution in [0.3, 0.4) is 0 Å². The van der Waals surface area contributed by atoms with E-state index in [4.69, 9.17) is 0 Å². The van der Waals surface area contributed by atoms with E-state index >= 15 is 0 Å². The molecular formula is C21H24N4O8S. The Balaban J connectivity index is 1.47. The van der Waals surface area contributed by atoms with Crippen molar-refractivity contribution >= 4 is 47.2 Å². The second-order valence-electron chi connectivity index (χ2n) is 7.62. The Morgan fingerprint density at radius 1 is 1.15 bits per heavy atom. The highest BCUT2D eigenvalue weighted by atomic mass is 32.2. The third-order valence-electron chi connectivity index (χ3n) is 5.29. The van der Waals surface area contributed by atoms with Crippen molar-refractivity contribution in [1.82, 2.24) is 15.5 Å². The normalized spacial score (nSPS) is 20.0. The number of carbonyl (C=O) groups is 5. The summed E-state index contributed by atoms with van der Waals surface area (Å²) in [5.74, 6) is -3.44. The quantitative estimate of drug-likeness (QED) is 0.248. The summed E-state index contributed by atoms with van der Waals surface area (Å²) in [4.78, 5) is 60.8. The molecule has 2 aliphatic heterocycles. The lowest BCUT2D eigenvalue weighted by molar-refractivity contribution is -0.150. The Bertz CT molecular complexity index is 1020. The van der Waals surface area contributed by atoms with Gasteiger partial charge < -0.3 is 31.3 Å². The number of carbonyl (C=O) groups excluding carboxylic acids is 3. The number of β-lactam (4-membered cyclic amide) rings is 1. The number of aliphatic carboxylic acids is 2. The van der Waals surface area contributed by atoms with Crippen molar-refractivity contribution in [1.29, 1.82) is 0 Å². The van der Waals surface area contributed by atoms with Gasteiger partial charge in [-0.3, -0.25) is 14.5 Å². The number of rotatable bonds is 10. The average Bonchev–Trinajstić information content (AvgIpc) is 2.81. The number of carboxylic acid groups (broad SMARTS) is 2. The third kappa shape index (κ3) is 5.66. The minimum atomic E-state index is -1.32. The summed E-state index contributed by atoms with van der Waals surface area (Å²) in [6, 6.07) is 5.67. The second-order valence-corrected chi connectivity index (χ2v) is 8.72. The Morgan fingerprint density at radius 2 is 1.85 bits per heavy atom. The first kappa shape index (κ1) is 25.1. The number of amides is 4. The van der Waals surface area contributed by atoms with Crippen LogP contribution in [0.4, 0.5) is 10.5 Å². The highest BCUT2D eigenvalue weighted by Gasteiger charge is 2.54. The van der Waals surface area contributed by atoms with Crippen LogP contribution in [0.5, 0.6) is 0 Å². The molecule has 4 amide bonds. The first-order valence-electron chi connectivity index (χ1n) is 10.4. The zero-order valence-electron chi connectivity index (χ0n) is 17.9. The Labute approximate surface area is 198 Å². The summed E-state index contributed by atoms with van der Waals surface area (Å²) < 4.78 is 0. The molecule has 0 aliphatic carbocycles. The number of aliphatic hydroxyl groups is 1. The number of fused-ring (bicyclic) bond motifs is 1. The van der Waals surface area contributed by atoms with Crippen molar-refractivity contribution in [3.63, 3.8) is 0 Å². The predicted molar refractivity (Wildman–Crippen MR) is 121 cm³/mol. The number of benzene rings is 1. The standard InChI is InChI=1S/C21H24N4O8S/c26-9-11-10-34-18-15(17(28)25(18)16(11)20(31)32)24-14(27)8-4-7-13(19(29)30)23-21(33)22-12-5-2-1-3-6-12/h1-3,5-6,13,15,18,26H,4,7-10H2,(H,24,27)(H,29,30)(H,31,32)(H2,22,23,33). The van der Waals surface area contributed by atoms with Crippen molar-refractivity contribution in [3.05, 3.63) is 41.6 Å². The fraction of sp³-hybridized carbons (Fsp3) is 0.381. The summed E-state index contributed by atoms with van der Waals surface area (Å²) in [5, 5.41) is 34.9. The zero-order chi connectivity index (χ0) is 24.8. The lowest BCUT2D eigenvalue weighted by Gasteiger charge is -2.49. The molecule has 1 aromatic carbocycles. The van der Waals surface area contributed by atoms with Gasteiger partial charge in [-0.05, 0) is 30.5 Å². The van der Waals surface area contributed by atoms with Gasteiger partial charge in [-0.25, -0.2) is 14.4 Å². The number of aliphatic hydroxyl groups excluding tert-OH is 1. The SMILES string of the molecule is O=C(CCCC(NC(=O)Nc1ccccc1)C(=O)O)NC1C(=O)N2C(C(=O)O)=C(CO)CSC12. The predicted octanol–water partition coefficient (Wildman–Crippen LogP) is 0.163. The number of hydrogen-bond acceptors (Lipinski definition) is 7. The molecule has 2 aliphatic rings. The minimum absolute atomic E-state index is 0.0142. The number of hydrogen-bond donors (Lipinski definition) is 6. The number of nitrogens with zero attached hydrogens (tertiary/aromatic N) is 1. The van der Waals surface area contributed by atoms with Gasteiger partial charge >= 0.3 is 18.0 Å². The van der Waals surface area contributed by atoms with E-state index in [0.717, 1.165) is 4.90 Å². The summed E-state index contributed by atoms with van der Waals surface area (Å²) in [6.45, 7) is -0.482. The summed E-state index contributed by atoms with van der Waals surface area (Å²) in [5.41, 5.74) is 0.469. The number of nitrogens with one attached hydrogen (secondary N) is 3. The first-order valence-corrected chi connectivity index (χ1v) is 11.4. The fourth-order valence-corrected chi connectivity index (χ4v) is 4.96. The van der Waals surface area contributed by atoms with Gasteiger partial charge in [0.15, 0.2) is 0 Å². The summed E-state index contributed by atoms with van der Waals surface area (Å²) >= 11 is 1.24. The number of carboxylic acids is 2. The van der Waals surface area contributed by atoms with Crippen LogP contribution < -0.4 is 16.0 Å². The van der Waals surface area contributed by atoms with Crippen LogP contribution in [-0.2, 0) is 19.2 Å². The van der Waals surface area contributed by atoms with Gasteiger partial charge in [-0.15, -0.1) is 11.8 Å². The van der Waals surface area contributed by atoms with Gasteiger partial charge in [0, 0.05) is 17.9 Å². The largest absolute Gasteiger partial charge is 0.480 e. The Morgan fingerprint density at radius 3 is 2.47 bits per heavy atom. The van der Waals surface area contributed by atoms with Crippen molar-refractivity contribution in [2.75, 3.05) is 17.7 Å². The molecule has 0 spiro atoms. The van der Waals surface area contributed by atoms with E-state index in [-0.39, 0.29) is 36.3 Å². The van der Waals surface area contributed by atoms with E-state index in [1.165, 1.54) is 11.8 Å². The van der Waals surface area contributed by atoms with Crippen LogP contribution in [0.15, 0.2) is 41.6 Å². The first-order chi connectivity index (χ1) is 16.2. The maximum Gasteiger partial charge on any atom is 0.352 e. The maximum absolute atomic E-state index is 12.4. The van der Waals surface area contributed by atoms with Crippen LogP contribution in [0, 0.1) is 0 Å². The molecule has 6 N–H and O–H groups in total. The molecule has 3 unspecified atom stereocenters. The van der Waals surface area contributed by atoms with E-state index in [9.17, 15) is 39.3 Å². The number of anilines is 1.